The van der Waals surface area contributed by atoms with Crippen molar-refractivity contribution in [3.05, 3.63) is 76.7 Å². The van der Waals surface area contributed by atoms with Crippen LogP contribution in [0.5, 0.6) is 23.1 Å². The number of carbonyl (C=O) groups is 2. The Kier molecular flexibility index (Phi) is 16.4. The summed E-state index contributed by atoms with van der Waals surface area (Å²) in [6.07, 6.45) is 16.3. The molecule has 3 rings (SSSR count). The number of hydrogen-bond acceptors (Lipinski definition) is 7. The predicted octanol–water partition coefficient (Wildman–Crippen LogP) is 10.6. The van der Waals surface area contributed by atoms with Crippen LogP contribution in [-0.4, -0.2) is 29.6 Å². The second kappa shape index (κ2) is 20.5. The highest BCUT2D eigenvalue weighted by molar-refractivity contribution is 6.33. The molecular weight excluding hydrogens is 609 g/mol. The standard InChI is InChI=1S/C37H47ClFNO6/c1-4-6-8-10-11-12-13-15-23-43-35-22-17-28(26-40-35)36(41)45-29-18-20-31(32(38)24-29)37(42)46-30-19-21-34(33(39)25-30)44-27(3)16-14-9-7-5-2/h17-22,24-27H,4-16,23H2,1-3H3. The van der Waals surface area contributed by atoms with Crippen LogP contribution in [0.4, 0.5) is 4.39 Å². The highest BCUT2D eigenvalue weighted by atomic mass is 35.5. The van der Waals surface area contributed by atoms with E-state index in [0.29, 0.717) is 12.5 Å². The molecule has 0 saturated carbocycles. The normalized spacial score (nSPS) is 11.6. The van der Waals surface area contributed by atoms with Crippen molar-refractivity contribution < 1.29 is 32.9 Å². The summed E-state index contributed by atoms with van der Waals surface area (Å²) in [5.41, 5.74) is 0.266. The Balaban J connectivity index is 1.45. The lowest BCUT2D eigenvalue weighted by Gasteiger charge is -2.15. The first-order chi connectivity index (χ1) is 22.3. The van der Waals surface area contributed by atoms with Crippen LogP contribution >= 0.6 is 11.6 Å². The number of aromatic nitrogens is 1. The van der Waals surface area contributed by atoms with Gasteiger partial charge in [0.1, 0.15) is 11.5 Å². The van der Waals surface area contributed by atoms with Crippen molar-refractivity contribution in [1.82, 2.24) is 4.98 Å². The number of benzene rings is 2. The first-order valence-electron chi connectivity index (χ1n) is 16.6. The lowest BCUT2D eigenvalue weighted by Crippen LogP contribution is -2.13. The smallest absolute Gasteiger partial charge is 0.345 e. The van der Waals surface area contributed by atoms with E-state index in [2.05, 4.69) is 18.8 Å². The van der Waals surface area contributed by atoms with Gasteiger partial charge in [-0.05, 0) is 56.5 Å². The minimum absolute atomic E-state index is 0.00903. The number of pyridine rings is 1. The summed E-state index contributed by atoms with van der Waals surface area (Å²) in [4.78, 5) is 29.6. The summed E-state index contributed by atoms with van der Waals surface area (Å²) < 4.78 is 36.8. The Morgan fingerprint density at radius 3 is 2.07 bits per heavy atom. The van der Waals surface area contributed by atoms with E-state index in [9.17, 15) is 14.0 Å². The topological polar surface area (TPSA) is 84.0 Å². The first kappa shape index (κ1) is 36.8. The van der Waals surface area contributed by atoms with E-state index < -0.39 is 17.8 Å². The van der Waals surface area contributed by atoms with Crippen molar-refractivity contribution in [1.29, 1.82) is 0 Å². The van der Waals surface area contributed by atoms with Crippen molar-refractivity contribution in [2.45, 2.75) is 110 Å². The molecule has 0 saturated heterocycles. The zero-order valence-electron chi connectivity index (χ0n) is 27.3. The highest BCUT2D eigenvalue weighted by Gasteiger charge is 2.18. The average molecular weight is 656 g/mol. The molecule has 0 fully saturated rings. The van der Waals surface area contributed by atoms with Crippen LogP contribution in [0.15, 0.2) is 54.7 Å². The van der Waals surface area contributed by atoms with Gasteiger partial charge in [0, 0.05) is 24.4 Å². The predicted molar refractivity (Wildman–Crippen MR) is 179 cm³/mol. The van der Waals surface area contributed by atoms with Crippen LogP contribution in [0.1, 0.15) is 125 Å². The molecule has 0 aliphatic heterocycles. The summed E-state index contributed by atoms with van der Waals surface area (Å²) >= 11 is 6.31. The molecular formula is C37H47ClFNO6. The third-order valence-electron chi connectivity index (χ3n) is 7.50. The van der Waals surface area contributed by atoms with Gasteiger partial charge in [-0.1, -0.05) is 89.7 Å². The maximum absolute atomic E-state index is 14.7. The van der Waals surface area contributed by atoms with E-state index in [4.69, 9.17) is 30.5 Å². The third kappa shape index (κ3) is 13.0. The molecule has 1 aromatic heterocycles. The van der Waals surface area contributed by atoms with Gasteiger partial charge in [0.15, 0.2) is 11.6 Å². The maximum atomic E-state index is 14.7. The van der Waals surface area contributed by atoms with Crippen molar-refractivity contribution >= 4 is 23.5 Å². The van der Waals surface area contributed by atoms with E-state index in [1.807, 2.05) is 6.92 Å². The molecule has 0 aliphatic rings. The number of hydrogen-bond donors (Lipinski definition) is 0. The second-order valence-electron chi connectivity index (χ2n) is 11.5. The average Bonchev–Trinajstić information content (AvgIpc) is 3.04. The summed E-state index contributed by atoms with van der Waals surface area (Å²) in [5, 5.41) is 0.00968. The Morgan fingerprint density at radius 2 is 1.41 bits per heavy atom. The molecule has 7 nitrogen and oxygen atoms in total. The van der Waals surface area contributed by atoms with E-state index in [1.54, 1.807) is 12.1 Å². The Labute approximate surface area is 277 Å². The molecule has 46 heavy (non-hydrogen) atoms. The van der Waals surface area contributed by atoms with Gasteiger partial charge in [-0.15, -0.1) is 0 Å². The number of halogens is 2. The van der Waals surface area contributed by atoms with Gasteiger partial charge in [-0.25, -0.2) is 19.0 Å². The maximum Gasteiger partial charge on any atom is 0.345 e. The van der Waals surface area contributed by atoms with Crippen molar-refractivity contribution in [2.24, 2.45) is 0 Å². The summed E-state index contributed by atoms with van der Waals surface area (Å²) in [5.74, 6) is -1.36. The van der Waals surface area contributed by atoms with Gasteiger partial charge in [0.25, 0.3) is 0 Å². The monoisotopic (exact) mass is 655 g/mol. The van der Waals surface area contributed by atoms with Crippen LogP contribution in [0, 0.1) is 5.82 Å². The van der Waals surface area contributed by atoms with Crippen LogP contribution in [0.3, 0.4) is 0 Å². The molecule has 1 unspecified atom stereocenters. The number of carbonyl (C=O) groups excluding carboxylic acids is 2. The Bertz CT molecular complexity index is 1370. The van der Waals surface area contributed by atoms with Crippen molar-refractivity contribution in [3.8, 4) is 23.1 Å². The molecule has 0 amide bonds. The zero-order chi connectivity index (χ0) is 33.1. The first-order valence-corrected chi connectivity index (χ1v) is 17.0. The van der Waals surface area contributed by atoms with E-state index in [-0.39, 0.29) is 39.5 Å². The molecule has 0 N–H and O–H groups in total. The molecule has 0 radical (unpaired) electrons. The fourth-order valence-electron chi connectivity index (χ4n) is 4.83. The fraction of sp³-hybridized carbons (Fsp3) is 0.486. The fourth-order valence-corrected chi connectivity index (χ4v) is 5.07. The van der Waals surface area contributed by atoms with Crippen molar-refractivity contribution in [3.63, 3.8) is 0 Å². The lowest BCUT2D eigenvalue weighted by molar-refractivity contribution is 0.0729. The Hall–Kier alpha value is -3.65. The number of esters is 2. The molecule has 0 aliphatic carbocycles. The summed E-state index contributed by atoms with van der Waals surface area (Å²) in [7, 11) is 0. The minimum Gasteiger partial charge on any atom is -0.488 e. The number of unbranched alkanes of at least 4 members (excludes halogenated alkanes) is 10. The second-order valence-corrected chi connectivity index (χ2v) is 11.9. The van der Waals surface area contributed by atoms with E-state index in [0.717, 1.165) is 44.6 Å². The number of nitrogens with zero attached hydrogens (tertiary/aromatic N) is 1. The van der Waals surface area contributed by atoms with Crippen LogP contribution in [-0.2, 0) is 0 Å². The van der Waals surface area contributed by atoms with Gasteiger partial charge in [0.2, 0.25) is 5.88 Å². The SMILES string of the molecule is CCCCCCCCCCOc1ccc(C(=O)Oc2ccc(C(=O)Oc3ccc(OC(C)CCCCCC)c(F)c3)c(Cl)c2)cn1. The van der Waals surface area contributed by atoms with E-state index >= 15 is 0 Å². The largest absolute Gasteiger partial charge is 0.488 e. The van der Waals surface area contributed by atoms with Gasteiger partial charge in [-0.2, -0.15) is 0 Å². The van der Waals surface area contributed by atoms with Gasteiger partial charge < -0.3 is 18.9 Å². The zero-order valence-corrected chi connectivity index (χ0v) is 28.1. The molecule has 9 heteroatoms. The molecule has 250 valence electrons. The summed E-state index contributed by atoms with van der Waals surface area (Å²) in [6.45, 7) is 6.85. The van der Waals surface area contributed by atoms with Crippen LogP contribution < -0.4 is 18.9 Å². The number of ether oxygens (including phenoxy) is 4. The number of rotatable bonds is 21. The molecule has 1 atom stereocenters. The lowest BCUT2D eigenvalue weighted by atomic mass is 10.1. The van der Waals surface area contributed by atoms with Gasteiger partial charge in [0.05, 0.1) is 28.9 Å². The van der Waals surface area contributed by atoms with Gasteiger partial charge in [-0.3, -0.25) is 0 Å². The minimum atomic E-state index is -0.785. The molecule has 0 spiro atoms. The molecule has 0 bridgehead atoms. The highest BCUT2D eigenvalue weighted by Crippen LogP contribution is 2.28. The van der Waals surface area contributed by atoms with Crippen LogP contribution in [0.25, 0.3) is 0 Å². The summed E-state index contributed by atoms with van der Waals surface area (Å²) in [6, 6.07) is 11.3. The Morgan fingerprint density at radius 1 is 0.783 bits per heavy atom. The van der Waals surface area contributed by atoms with Gasteiger partial charge >= 0.3 is 11.9 Å². The van der Waals surface area contributed by atoms with E-state index in [1.165, 1.54) is 81.5 Å². The van der Waals surface area contributed by atoms with Crippen LogP contribution in [0.2, 0.25) is 5.02 Å². The quantitative estimate of drug-likeness (QED) is 0.0641. The molecule has 2 aromatic carbocycles. The third-order valence-corrected chi connectivity index (χ3v) is 7.81. The molecule has 3 aromatic rings. The molecule has 1 heterocycles. The van der Waals surface area contributed by atoms with Crippen molar-refractivity contribution in [2.75, 3.05) is 6.61 Å².